The molecule has 0 fully saturated rings. The number of anilines is 1. The Morgan fingerprint density at radius 3 is 2.62 bits per heavy atom. The molecule has 0 saturated carbocycles. The van der Waals surface area contributed by atoms with Crippen molar-refractivity contribution >= 4 is 25.5 Å². The Morgan fingerprint density at radius 1 is 1.38 bits per heavy atom. The maximum absolute atomic E-state index is 13.7. The molecule has 1 aromatic carbocycles. The van der Waals surface area contributed by atoms with E-state index >= 15 is 0 Å². The van der Waals surface area contributed by atoms with Crippen LogP contribution in [0, 0.1) is 17.1 Å². The van der Waals surface area contributed by atoms with E-state index in [4.69, 9.17) is 4.43 Å². The lowest BCUT2D eigenvalue weighted by molar-refractivity contribution is -0.110. The number of carbonyl (C=O) groups excluding carboxylic acids is 1. The van der Waals surface area contributed by atoms with Crippen molar-refractivity contribution in [3.63, 3.8) is 0 Å². The van der Waals surface area contributed by atoms with Crippen LogP contribution in [0.5, 0.6) is 0 Å². The van der Waals surface area contributed by atoms with E-state index in [2.05, 4.69) is 11.4 Å². The number of nitrogens with zero attached hydrogens (tertiary/aromatic N) is 1. The van der Waals surface area contributed by atoms with E-state index in [-0.39, 0.29) is 11.7 Å². The van der Waals surface area contributed by atoms with E-state index in [1.165, 1.54) is 12.1 Å². The molecule has 1 atom stereocenters. The van der Waals surface area contributed by atoms with Crippen LogP contribution in [0.1, 0.15) is 32.3 Å². The Balaban J connectivity index is 2.50. The molecule has 0 spiro atoms. The Hall–Kier alpha value is -2.23. The minimum absolute atomic E-state index is 0.253. The molecule has 1 aliphatic rings. The number of benzene rings is 1. The number of hydrogen-bond acceptors (Lipinski definition) is 3. The van der Waals surface area contributed by atoms with Crippen molar-refractivity contribution in [2.75, 3.05) is 5.32 Å². The summed E-state index contributed by atoms with van der Waals surface area (Å²) in [6, 6.07) is 6.52. The van der Waals surface area contributed by atoms with E-state index in [9.17, 15) is 14.4 Å². The van der Waals surface area contributed by atoms with Gasteiger partial charge >= 0.3 is 0 Å². The highest BCUT2D eigenvalue weighted by atomic mass is 28.4. The third kappa shape index (κ3) is 4.29. The van der Waals surface area contributed by atoms with Crippen molar-refractivity contribution in [3.8, 4) is 6.07 Å². The number of rotatable bonds is 6. The molecule has 1 aromatic rings. The van der Waals surface area contributed by atoms with Crippen molar-refractivity contribution in [2.45, 2.75) is 51.9 Å². The highest BCUT2D eigenvalue weighted by molar-refractivity contribution is 6.69. The molecular weight excluding hydrogens is 347 g/mol. The zero-order valence-electron chi connectivity index (χ0n) is 15.9. The first-order valence-electron chi connectivity index (χ1n) is 8.79. The molecule has 1 amide bonds. The predicted molar refractivity (Wildman–Crippen MR) is 104 cm³/mol. The smallest absolute Gasteiger partial charge is 0.256 e. The molecule has 138 valence electrons. The van der Waals surface area contributed by atoms with Gasteiger partial charge in [0.15, 0.2) is 13.9 Å². The fourth-order valence-corrected chi connectivity index (χ4v) is 4.33. The molecule has 6 heteroatoms. The third-order valence-corrected chi connectivity index (χ3v) is 5.16. The molecule has 2 rings (SSSR count). The molecule has 1 heterocycles. The second-order valence-electron chi connectivity index (χ2n) is 7.30. The van der Waals surface area contributed by atoms with Crippen LogP contribution in [0.4, 0.5) is 10.1 Å². The second kappa shape index (κ2) is 7.56. The van der Waals surface area contributed by atoms with Crippen LogP contribution in [0.15, 0.2) is 35.9 Å². The molecule has 0 aromatic heterocycles. The summed E-state index contributed by atoms with van der Waals surface area (Å²) in [5, 5.41) is 12.5. The fraction of sp³-hybridized carbons (Fsp3) is 0.400. The lowest BCUT2D eigenvalue weighted by Crippen LogP contribution is -2.40. The maximum atomic E-state index is 13.7. The van der Waals surface area contributed by atoms with Crippen molar-refractivity contribution in [1.82, 2.24) is 0 Å². The van der Waals surface area contributed by atoms with E-state index in [0.717, 1.165) is 5.57 Å². The predicted octanol–water partition coefficient (Wildman–Crippen LogP) is 5.02. The number of amides is 1. The molecule has 0 bridgehead atoms. The summed E-state index contributed by atoms with van der Waals surface area (Å²) in [7, 11) is -1.95. The van der Waals surface area contributed by atoms with Gasteiger partial charge in [0.2, 0.25) is 0 Å². The Bertz CT molecular complexity index is 818. The van der Waals surface area contributed by atoms with Gasteiger partial charge in [0.1, 0.15) is 11.9 Å². The summed E-state index contributed by atoms with van der Waals surface area (Å²) >= 11 is 0. The van der Waals surface area contributed by atoms with E-state index in [1.807, 2.05) is 33.5 Å². The lowest BCUT2D eigenvalue weighted by Gasteiger charge is -2.30. The Kier molecular flexibility index (Phi) is 5.84. The van der Waals surface area contributed by atoms with Gasteiger partial charge in [-0.05, 0) is 62.3 Å². The van der Waals surface area contributed by atoms with Crippen LogP contribution in [-0.2, 0) is 9.22 Å². The number of carbonyl (C=O) groups is 1. The van der Waals surface area contributed by atoms with Gasteiger partial charge in [-0.15, -0.1) is 0 Å². The summed E-state index contributed by atoms with van der Waals surface area (Å²) in [6.45, 7) is 9.93. The molecular formula is C20H25FN2O2Si. The SMILES string of the molecule is CCC(/C=C/[C@](C#N)(CC)O[Si](C)(C)C)=C1/C(=O)Nc2ccc(F)cc21. The largest absolute Gasteiger partial charge is 0.397 e. The van der Waals surface area contributed by atoms with Gasteiger partial charge in [0, 0.05) is 11.3 Å². The zero-order valence-corrected chi connectivity index (χ0v) is 16.9. The number of halogens is 1. The molecule has 1 aliphatic heterocycles. The average Bonchev–Trinajstić information content (AvgIpc) is 2.89. The Morgan fingerprint density at radius 2 is 2.08 bits per heavy atom. The van der Waals surface area contributed by atoms with Gasteiger partial charge < -0.3 is 9.74 Å². The normalized spacial score (nSPS) is 18.3. The minimum Gasteiger partial charge on any atom is -0.397 e. The second-order valence-corrected chi connectivity index (χ2v) is 11.7. The van der Waals surface area contributed by atoms with Crippen LogP contribution < -0.4 is 5.32 Å². The first-order valence-corrected chi connectivity index (χ1v) is 12.2. The van der Waals surface area contributed by atoms with E-state index in [0.29, 0.717) is 29.7 Å². The van der Waals surface area contributed by atoms with E-state index < -0.39 is 13.9 Å². The summed E-state index contributed by atoms with van der Waals surface area (Å²) in [4.78, 5) is 12.4. The number of hydrogen-bond donors (Lipinski definition) is 1. The monoisotopic (exact) mass is 372 g/mol. The van der Waals surface area contributed by atoms with Crippen molar-refractivity contribution in [1.29, 1.82) is 5.26 Å². The van der Waals surface area contributed by atoms with Crippen LogP contribution in [0.2, 0.25) is 19.6 Å². The number of nitrogens with one attached hydrogen (secondary N) is 1. The van der Waals surface area contributed by atoms with E-state index in [1.54, 1.807) is 18.2 Å². The molecule has 0 unspecified atom stereocenters. The van der Waals surface area contributed by atoms with Crippen LogP contribution >= 0.6 is 0 Å². The van der Waals surface area contributed by atoms with Crippen molar-refractivity contribution in [3.05, 3.63) is 47.3 Å². The first kappa shape index (κ1) is 20.1. The van der Waals surface area contributed by atoms with Crippen LogP contribution in [0.25, 0.3) is 5.57 Å². The van der Waals surface area contributed by atoms with Crippen molar-refractivity contribution in [2.24, 2.45) is 0 Å². The van der Waals surface area contributed by atoms with Gasteiger partial charge in [-0.3, -0.25) is 4.79 Å². The van der Waals surface area contributed by atoms with Gasteiger partial charge in [-0.1, -0.05) is 19.9 Å². The Labute approximate surface area is 155 Å². The number of allylic oxidation sites excluding steroid dienone is 2. The highest BCUT2D eigenvalue weighted by Crippen LogP contribution is 2.36. The third-order valence-electron chi connectivity index (χ3n) is 4.18. The van der Waals surface area contributed by atoms with Crippen molar-refractivity contribution < 1.29 is 13.6 Å². The standard InChI is InChI=1S/C20H25FN2O2Si/c1-6-14(10-11-20(7-2,13-22)25-26(3,4)5)18-16-12-15(21)8-9-17(16)23-19(18)24/h8-12H,6-7H2,1-5H3,(H,23,24)/b11-10+,18-14-/t20-/m0/s1. The molecule has 0 radical (unpaired) electrons. The molecule has 0 saturated heterocycles. The topological polar surface area (TPSA) is 62.1 Å². The highest BCUT2D eigenvalue weighted by Gasteiger charge is 2.33. The molecule has 0 aliphatic carbocycles. The summed E-state index contributed by atoms with van der Waals surface area (Å²) in [5.74, 6) is -0.642. The molecule has 1 N–H and O–H groups in total. The summed E-state index contributed by atoms with van der Waals surface area (Å²) in [5.41, 5.74) is 1.34. The quantitative estimate of drug-likeness (QED) is 0.563. The summed E-state index contributed by atoms with van der Waals surface area (Å²) in [6.07, 6.45) is 4.60. The van der Waals surface area contributed by atoms with Crippen LogP contribution in [0.3, 0.4) is 0 Å². The average molecular weight is 373 g/mol. The maximum Gasteiger partial charge on any atom is 0.256 e. The van der Waals surface area contributed by atoms with Gasteiger partial charge in [0.25, 0.3) is 5.91 Å². The first-order chi connectivity index (χ1) is 12.1. The molecule has 4 nitrogen and oxygen atoms in total. The van der Waals surface area contributed by atoms with Gasteiger partial charge in [-0.2, -0.15) is 5.26 Å². The zero-order chi connectivity index (χ0) is 19.5. The summed E-state index contributed by atoms with van der Waals surface area (Å²) < 4.78 is 19.8. The van der Waals surface area contributed by atoms with Crippen LogP contribution in [-0.4, -0.2) is 19.8 Å². The van der Waals surface area contributed by atoms with Gasteiger partial charge in [0.05, 0.1) is 5.57 Å². The fourth-order valence-electron chi connectivity index (χ4n) is 2.98. The lowest BCUT2D eigenvalue weighted by atomic mass is 9.95. The molecule has 26 heavy (non-hydrogen) atoms. The number of fused-ring (bicyclic) bond motifs is 1. The number of nitriles is 1. The van der Waals surface area contributed by atoms with Gasteiger partial charge in [-0.25, -0.2) is 4.39 Å². The minimum atomic E-state index is -1.95.